The van der Waals surface area contributed by atoms with E-state index in [4.69, 9.17) is 28.9 Å². The van der Waals surface area contributed by atoms with E-state index < -0.39 is 6.10 Å². The minimum Gasteiger partial charge on any atom is -0.388 e. The number of halogens is 2. The fraction of sp³-hybridized carbons (Fsp3) is 0.375. The van der Waals surface area contributed by atoms with Gasteiger partial charge in [-0.05, 0) is 13.0 Å². The molecule has 0 radical (unpaired) electrons. The van der Waals surface area contributed by atoms with Crippen molar-refractivity contribution in [1.82, 2.24) is 4.98 Å². The Labute approximate surface area is 86.5 Å². The number of aromatic nitrogens is 1. The molecule has 1 rings (SSSR count). The summed E-state index contributed by atoms with van der Waals surface area (Å²) < 4.78 is 0. The lowest BCUT2D eigenvalue weighted by Gasteiger charge is -2.12. The Morgan fingerprint density at radius 3 is 2.38 bits per heavy atom. The van der Waals surface area contributed by atoms with Gasteiger partial charge in [0.1, 0.15) is 0 Å². The highest BCUT2D eigenvalue weighted by atomic mass is 35.5. The summed E-state index contributed by atoms with van der Waals surface area (Å²) in [6, 6.07) is 0. The van der Waals surface area contributed by atoms with Crippen LogP contribution in [-0.4, -0.2) is 16.6 Å². The van der Waals surface area contributed by atoms with E-state index in [0.717, 1.165) is 0 Å². The van der Waals surface area contributed by atoms with E-state index >= 15 is 0 Å². The molecule has 0 aliphatic rings. The molecule has 3 N–H and O–H groups in total. The zero-order valence-corrected chi connectivity index (χ0v) is 8.39. The van der Waals surface area contributed by atoms with E-state index in [2.05, 4.69) is 4.98 Å². The Hall–Kier alpha value is -0.350. The molecule has 0 saturated carbocycles. The topological polar surface area (TPSA) is 59.1 Å². The summed E-state index contributed by atoms with van der Waals surface area (Å²) in [5.41, 5.74) is 5.81. The maximum Gasteiger partial charge on any atom is 0.0832 e. The van der Waals surface area contributed by atoms with Crippen molar-refractivity contribution in [2.24, 2.45) is 5.73 Å². The number of nitrogens with two attached hydrogens (primary N) is 1. The van der Waals surface area contributed by atoms with Crippen molar-refractivity contribution in [2.75, 3.05) is 6.54 Å². The maximum atomic E-state index is 9.61. The fourth-order valence-electron chi connectivity index (χ4n) is 1.04. The summed E-state index contributed by atoms with van der Waals surface area (Å²) in [5, 5.41) is 10.3. The maximum absolute atomic E-state index is 9.61. The second-order valence-electron chi connectivity index (χ2n) is 2.61. The average molecular weight is 221 g/mol. The monoisotopic (exact) mass is 220 g/mol. The van der Waals surface area contributed by atoms with Gasteiger partial charge in [0.05, 0.1) is 16.1 Å². The molecule has 0 amide bonds. The first kappa shape index (κ1) is 10.7. The number of hydrogen-bond donors (Lipinski definition) is 2. The van der Waals surface area contributed by atoms with E-state index in [-0.39, 0.29) is 0 Å². The van der Waals surface area contributed by atoms with Gasteiger partial charge >= 0.3 is 0 Å². The largest absolute Gasteiger partial charge is 0.388 e. The third-order valence-corrected chi connectivity index (χ3v) is 2.27. The first-order valence-electron chi connectivity index (χ1n) is 3.84. The Kier molecular flexibility index (Phi) is 3.93. The van der Waals surface area contributed by atoms with Crippen LogP contribution in [0.4, 0.5) is 0 Å². The number of rotatable bonds is 3. The summed E-state index contributed by atoms with van der Waals surface area (Å²) in [5.74, 6) is 0. The van der Waals surface area contributed by atoms with Crippen LogP contribution in [0.1, 0.15) is 18.1 Å². The first-order chi connectivity index (χ1) is 6.16. The number of nitrogens with zero attached hydrogens (tertiary/aromatic N) is 1. The molecule has 13 heavy (non-hydrogen) atoms. The third kappa shape index (κ3) is 2.54. The molecule has 0 spiro atoms. The van der Waals surface area contributed by atoms with Crippen molar-refractivity contribution in [3.05, 3.63) is 28.0 Å². The zero-order valence-electron chi connectivity index (χ0n) is 6.87. The second-order valence-corrected chi connectivity index (χ2v) is 3.42. The summed E-state index contributed by atoms with van der Waals surface area (Å²) in [6.45, 7) is 0.385. The van der Waals surface area contributed by atoms with Crippen LogP contribution in [0.2, 0.25) is 10.0 Å². The molecule has 1 aromatic heterocycles. The van der Waals surface area contributed by atoms with Crippen molar-refractivity contribution in [2.45, 2.75) is 12.5 Å². The summed E-state index contributed by atoms with van der Waals surface area (Å²) in [7, 11) is 0. The van der Waals surface area contributed by atoms with E-state index in [0.29, 0.717) is 28.6 Å². The smallest absolute Gasteiger partial charge is 0.0832 e. The van der Waals surface area contributed by atoms with Crippen molar-refractivity contribution >= 4 is 23.2 Å². The Balaban J connectivity index is 2.98. The van der Waals surface area contributed by atoms with Gasteiger partial charge in [0.25, 0.3) is 0 Å². The molecule has 1 heterocycles. The normalized spacial score (nSPS) is 12.9. The third-order valence-electron chi connectivity index (χ3n) is 1.66. The van der Waals surface area contributed by atoms with Crippen molar-refractivity contribution in [1.29, 1.82) is 0 Å². The fourth-order valence-corrected chi connectivity index (χ4v) is 1.66. The van der Waals surface area contributed by atoms with E-state index in [1.165, 1.54) is 12.4 Å². The molecule has 5 heteroatoms. The van der Waals surface area contributed by atoms with Crippen LogP contribution in [0.5, 0.6) is 0 Å². The Bertz CT molecular complexity index is 273. The van der Waals surface area contributed by atoms with Gasteiger partial charge in [0.15, 0.2) is 0 Å². The van der Waals surface area contributed by atoms with Crippen LogP contribution in [0, 0.1) is 0 Å². The van der Waals surface area contributed by atoms with Crippen LogP contribution in [-0.2, 0) is 0 Å². The molecule has 0 bridgehead atoms. The number of aliphatic hydroxyl groups is 1. The predicted molar refractivity (Wildman–Crippen MR) is 52.9 cm³/mol. The molecule has 3 nitrogen and oxygen atoms in total. The molecule has 1 atom stereocenters. The highest BCUT2D eigenvalue weighted by Gasteiger charge is 2.14. The van der Waals surface area contributed by atoms with Gasteiger partial charge in [-0.1, -0.05) is 23.2 Å². The Morgan fingerprint density at radius 2 is 1.92 bits per heavy atom. The van der Waals surface area contributed by atoms with Crippen LogP contribution >= 0.6 is 23.2 Å². The number of aliphatic hydroxyl groups excluding tert-OH is 1. The number of hydrogen-bond acceptors (Lipinski definition) is 3. The van der Waals surface area contributed by atoms with E-state index in [1.54, 1.807) is 0 Å². The van der Waals surface area contributed by atoms with Gasteiger partial charge in [-0.3, -0.25) is 4.98 Å². The van der Waals surface area contributed by atoms with Gasteiger partial charge in [-0.2, -0.15) is 0 Å². The van der Waals surface area contributed by atoms with E-state index in [9.17, 15) is 5.11 Å². The predicted octanol–water partition coefficient (Wildman–Crippen LogP) is 1.77. The van der Waals surface area contributed by atoms with Crippen LogP contribution < -0.4 is 5.73 Å². The van der Waals surface area contributed by atoms with Gasteiger partial charge < -0.3 is 10.8 Å². The molecular formula is C8H10Cl2N2O. The highest BCUT2D eigenvalue weighted by Crippen LogP contribution is 2.30. The molecule has 1 aromatic rings. The molecule has 0 fully saturated rings. The molecule has 0 aliphatic heterocycles. The first-order valence-corrected chi connectivity index (χ1v) is 4.59. The quantitative estimate of drug-likeness (QED) is 0.817. The lowest BCUT2D eigenvalue weighted by Crippen LogP contribution is -2.07. The highest BCUT2D eigenvalue weighted by molar-refractivity contribution is 6.35. The van der Waals surface area contributed by atoms with Gasteiger partial charge in [-0.25, -0.2) is 0 Å². The van der Waals surface area contributed by atoms with Crippen molar-refractivity contribution in [3.63, 3.8) is 0 Å². The SMILES string of the molecule is NCCC(O)c1c(Cl)cncc1Cl. The minimum absolute atomic E-state index is 0.369. The molecular weight excluding hydrogens is 211 g/mol. The molecule has 0 aromatic carbocycles. The van der Waals surface area contributed by atoms with Crippen LogP contribution in [0.25, 0.3) is 0 Å². The average Bonchev–Trinajstić information content (AvgIpc) is 2.04. The summed E-state index contributed by atoms with van der Waals surface area (Å²) in [4.78, 5) is 3.78. The molecule has 0 aliphatic carbocycles. The summed E-state index contributed by atoms with van der Waals surface area (Å²) in [6.07, 6.45) is 2.61. The van der Waals surface area contributed by atoms with Crippen molar-refractivity contribution in [3.8, 4) is 0 Å². The number of pyridine rings is 1. The van der Waals surface area contributed by atoms with Gasteiger partial charge in [0, 0.05) is 18.0 Å². The molecule has 72 valence electrons. The Morgan fingerprint density at radius 1 is 1.38 bits per heavy atom. The van der Waals surface area contributed by atoms with Crippen molar-refractivity contribution < 1.29 is 5.11 Å². The van der Waals surface area contributed by atoms with Crippen LogP contribution in [0.3, 0.4) is 0 Å². The zero-order chi connectivity index (χ0) is 9.84. The van der Waals surface area contributed by atoms with Crippen LogP contribution in [0.15, 0.2) is 12.4 Å². The molecule has 1 unspecified atom stereocenters. The second kappa shape index (κ2) is 4.77. The van der Waals surface area contributed by atoms with E-state index in [1.807, 2.05) is 0 Å². The van der Waals surface area contributed by atoms with Gasteiger partial charge in [-0.15, -0.1) is 0 Å². The summed E-state index contributed by atoms with van der Waals surface area (Å²) >= 11 is 11.6. The van der Waals surface area contributed by atoms with Gasteiger partial charge in [0.2, 0.25) is 0 Å². The lowest BCUT2D eigenvalue weighted by atomic mass is 10.1. The minimum atomic E-state index is -0.715. The molecule has 0 saturated heterocycles. The standard InChI is InChI=1S/C8H10Cl2N2O/c9-5-3-12-4-6(10)8(5)7(13)1-2-11/h3-4,7,13H,1-2,11H2. The lowest BCUT2D eigenvalue weighted by molar-refractivity contribution is 0.170.